The van der Waals surface area contributed by atoms with E-state index in [1.807, 2.05) is 6.07 Å². The summed E-state index contributed by atoms with van der Waals surface area (Å²) < 4.78 is 352. The third-order valence-corrected chi connectivity index (χ3v) is 11.2. The predicted octanol–water partition coefficient (Wildman–Crippen LogP) is 12.7. The van der Waals surface area contributed by atoms with Crippen molar-refractivity contribution in [2.45, 2.75) is 49.4 Å². The number of hydrogen-bond donors (Lipinski definition) is 0. The Balaban J connectivity index is 0.000000639. The molecule has 0 bridgehead atoms. The fraction of sp³-hybridized carbons (Fsp3) is 0.256. The van der Waals surface area contributed by atoms with Gasteiger partial charge in [-0.25, -0.2) is 0 Å². The molecule has 0 saturated carbocycles. The number of alkyl halides is 24. The number of carbonyl (C=O) groups excluding carboxylic acids is 1. The highest BCUT2D eigenvalue weighted by atomic mass is 32.2. The summed E-state index contributed by atoms with van der Waals surface area (Å²) in [5.74, 6) is -0.0895. The van der Waals surface area contributed by atoms with E-state index in [4.69, 9.17) is 5.26 Å². The summed E-state index contributed by atoms with van der Waals surface area (Å²) in [4.78, 5) is 11.6. The van der Waals surface area contributed by atoms with E-state index in [1.54, 1.807) is 36.8 Å². The lowest BCUT2D eigenvalue weighted by atomic mass is 9.12. The lowest BCUT2D eigenvalue weighted by Crippen LogP contribution is -2.75. The van der Waals surface area contributed by atoms with Gasteiger partial charge in [-0.05, 0) is 48.5 Å². The number of nitriles is 1. The normalized spacial score (nSPS) is 13.6. The van der Waals surface area contributed by atoms with Crippen LogP contribution in [0.15, 0.2) is 97.1 Å². The van der Waals surface area contributed by atoms with Crippen molar-refractivity contribution in [1.82, 2.24) is 0 Å². The summed E-state index contributed by atoms with van der Waals surface area (Å²) >= 11 is 0. The molecular formula is C43H24BF24NO2S. The highest BCUT2D eigenvalue weighted by Crippen LogP contribution is 2.41. The minimum atomic E-state index is -6.13. The van der Waals surface area contributed by atoms with Crippen LogP contribution >= 0.6 is 0 Å². The van der Waals surface area contributed by atoms with Gasteiger partial charge in [0.25, 0.3) is 0 Å². The molecule has 0 radical (unpaired) electrons. The first kappa shape index (κ1) is 58.4. The lowest BCUT2D eigenvalue weighted by Gasteiger charge is -2.46. The second kappa shape index (κ2) is 19.3. The highest BCUT2D eigenvalue weighted by molar-refractivity contribution is 8.02. The number of Topliss-reactive ketones (excluding diaryl/α,β-unsaturated/α-hetero) is 1. The van der Waals surface area contributed by atoms with Gasteiger partial charge in [-0.15, -0.1) is 4.21 Å². The van der Waals surface area contributed by atoms with Crippen LogP contribution in [0.1, 0.15) is 60.4 Å². The van der Waals surface area contributed by atoms with Gasteiger partial charge in [-0.3, -0.25) is 4.79 Å². The molecule has 0 atom stereocenters. The van der Waals surface area contributed by atoms with Crippen molar-refractivity contribution < 1.29 is 114 Å². The van der Waals surface area contributed by atoms with Crippen LogP contribution in [0, 0.1) is 11.3 Å². The van der Waals surface area contributed by atoms with Crippen LogP contribution in [0.5, 0.6) is 0 Å². The molecule has 0 heterocycles. The van der Waals surface area contributed by atoms with Gasteiger partial charge in [0.15, 0.2) is 5.75 Å². The third-order valence-electron chi connectivity index (χ3n) is 10.3. The fourth-order valence-electron chi connectivity index (χ4n) is 7.20. The first-order chi connectivity index (χ1) is 32.2. The number of nitrogens with zero attached hydrogens (tertiary/aromatic N) is 1. The van der Waals surface area contributed by atoms with Crippen molar-refractivity contribution >= 4 is 43.7 Å². The maximum Gasteiger partial charge on any atom is 0.416 e. The Morgan fingerprint density at radius 1 is 0.403 bits per heavy atom. The van der Waals surface area contributed by atoms with Crippen LogP contribution < -0.4 is 21.9 Å². The number of ketones is 1. The Bertz CT molecular complexity index is 2470. The molecule has 0 aromatic heterocycles. The van der Waals surface area contributed by atoms with Crippen molar-refractivity contribution in [2.24, 2.45) is 0 Å². The zero-order chi connectivity index (χ0) is 55.4. The maximum absolute atomic E-state index is 14.2. The second-order valence-corrected chi connectivity index (χ2v) is 19.1. The van der Waals surface area contributed by atoms with E-state index in [0.717, 1.165) is 0 Å². The summed E-state index contributed by atoms with van der Waals surface area (Å²) in [6, 6.07) is -0.491. The Morgan fingerprint density at radius 3 is 0.750 bits per heavy atom. The van der Waals surface area contributed by atoms with Gasteiger partial charge in [0.2, 0.25) is 5.78 Å². The second-order valence-electron chi connectivity index (χ2n) is 15.9. The number of benzene rings is 5. The monoisotopic (exact) mass is 1090 g/mol. The molecule has 3 nitrogen and oxygen atoms in total. The molecule has 72 heavy (non-hydrogen) atoms. The molecule has 0 aliphatic heterocycles. The number of halogens is 24. The first-order valence-corrected chi connectivity index (χ1v) is 21.5. The zero-order valence-corrected chi connectivity index (χ0v) is 36.1. The predicted molar refractivity (Wildman–Crippen MR) is 210 cm³/mol. The summed E-state index contributed by atoms with van der Waals surface area (Å²) in [7, 11) is -2.05. The van der Waals surface area contributed by atoms with E-state index < -0.39 is 205 Å². The van der Waals surface area contributed by atoms with Crippen LogP contribution in [-0.2, 0) is 63.6 Å². The number of rotatable bonds is 7. The molecule has 0 unspecified atom stereocenters. The molecule has 0 aliphatic carbocycles. The summed E-state index contributed by atoms with van der Waals surface area (Å²) in [6.45, 7) is 0. The van der Waals surface area contributed by atoms with Gasteiger partial charge in [0, 0.05) is 5.56 Å². The van der Waals surface area contributed by atoms with Crippen molar-refractivity contribution in [3.63, 3.8) is 0 Å². The summed E-state index contributed by atoms with van der Waals surface area (Å²) in [5, 5.41) is 8.57. The molecule has 390 valence electrons. The molecule has 5 aromatic carbocycles. The van der Waals surface area contributed by atoms with Crippen LogP contribution in [-0.4, -0.2) is 30.2 Å². The number of carbonyl (C=O) groups is 1. The van der Waals surface area contributed by atoms with Crippen LogP contribution in [0.4, 0.5) is 105 Å². The Hall–Kier alpha value is -6.21. The number of hydrogen-bond acceptors (Lipinski definition) is 3. The van der Waals surface area contributed by atoms with Gasteiger partial charge in [0.05, 0.1) is 66.1 Å². The zero-order valence-electron chi connectivity index (χ0n) is 35.3. The van der Waals surface area contributed by atoms with Gasteiger partial charge >= 0.3 is 49.4 Å². The Labute approximate surface area is 389 Å². The molecule has 0 N–H and O–H groups in total. The molecule has 0 spiro atoms. The third kappa shape index (κ3) is 13.8. The van der Waals surface area contributed by atoms with Crippen molar-refractivity contribution in [1.29, 1.82) is 5.26 Å². The Kier molecular flexibility index (Phi) is 15.7. The maximum atomic E-state index is 14.2. The standard InChI is InChI=1S/C32H12BF24.C11H12NO2S/c34-25(35,36)13-1-14(26(37,38)39)6-21(5-13)33(22-7-15(27(40,41)42)2-16(8-22)28(43,44)45,23-9-17(29(46,47)48)3-18(10-23)30(49,50)51)24-11-19(31(52,53)54)4-20(12-24)32(55,56)57;1-15(2,14)8-11(13)10-5-3-9(7-12)4-6-10/h1-12H;3-6H,8H2,1-2H3/q-1;+1. The van der Waals surface area contributed by atoms with E-state index in [1.165, 1.54) is 0 Å². The lowest BCUT2D eigenvalue weighted by molar-refractivity contribution is -0.144. The molecule has 0 saturated heterocycles. The Morgan fingerprint density at radius 2 is 0.597 bits per heavy atom. The topological polar surface area (TPSA) is 57.9 Å². The molecule has 5 aromatic rings. The molecular weight excluding hydrogens is 1060 g/mol. The summed E-state index contributed by atoms with van der Waals surface area (Å²) in [5.41, 5.74) is -29.2. The van der Waals surface area contributed by atoms with E-state index in [-0.39, 0.29) is 11.5 Å². The average molecular weight is 1090 g/mol. The van der Waals surface area contributed by atoms with E-state index in [9.17, 15) is 114 Å². The molecule has 5 rings (SSSR count). The molecule has 29 heteroatoms. The minimum absolute atomic E-state index is 0.0545. The van der Waals surface area contributed by atoms with Gasteiger partial charge < -0.3 is 0 Å². The first-order valence-electron chi connectivity index (χ1n) is 19.0. The van der Waals surface area contributed by atoms with Crippen LogP contribution in [0.25, 0.3) is 0 Å². The summed E-state index contributed by atoms with van der Waals surface area (Å²) in [6.07, 6.45) is -51.7. The van der Waals surface area contributed by atoms with Gasteiger partial charge in [-0.1, -0.05) is 48.5 Å². The smallest absolute Gasteiger partial charge is 0.289 e. The van der Waals surface area contributed by atoms with Crippen LogP contribution in [0.2, 0.25) is 0 Å². The van der Waals surface area contributed by atoms with Crippen molar-refractivity contribution in [3.05, 3.63) is 153 Å². The van der Waals surface area contributed by atoms with Gasteiger partial charge in [-0.2, -0.15) is 132 Å². The van der Waals surface area contributed by atoms with Crippen molar-refractivity contribution in [2.75, 3.05) is 18.3 Å². The minimum Gasteiger partial charge on any atom is -0.289 e. The highest BCUT2D eigenvalue weighted by Gasteiger charge is 2.47. The largest absolute Gasteiger partial charge is 0.416 e. The van der Waals surface area contributed by atoms with Gasteiger partial charge in [0.1, 0.15) is 18.7 Å². The van der Waals surface area contributed by atoms with Crippen LogP contribution in [0.3, 0.4) is 0 Å². The quantitative estimate of drug-likeness (QED) is 0.0706. The average Bonchev–Trinajstić information content (AvgIpc) is 3.21. The van der Waals surface area contributed by atoms with E-state index in [0.29, 0.717) is 11.1 Å². The SMILES string of the molecule is C[S+](C)(=O)CC(=O)c1ccc(C#N)cc1.FC(F)(F)c1cc([B-](c2cc(C(F)(F)F)cc(C(F)(F)F)c2)(c2cc(C(F)(F)F)cc(C(F)(F)F)c2)c2cc(C(F)(F)F)cc(C(F)(F)F)c2)cc(C(F)(F)F)c1. The molecule has 0 aliphatic rings. The van der Waals surface area contributed by atoms with E-state index in [2.05, 4.69) is 0 Å². The van der Waals surface area contributed by atoms with Crippen molar-refractivity contribution in [3.8, 4) is 6.07 Å². The van der Waals surface area contributed by atoms with E-state index >= 15 is 0 Å². The molecule has 0 fully saturated rings. The molecule has 0 amide bonds. The fourth-order valence-corrected chi connectivity index (χ4v) is 8.00.